The van der Waals surface area contributed by atoms with Crippen LogP contribution in [0.4, 0.5) is 0 Å². The first kappa shape index (κ1) is 23.0. The second kappa shape index (κ2) is 10.1. The summed E-state index contributed by atoms with van der Waals surface area (Å²) < 4.78 is 31.6. The van der Waals surface area contributed by atoms with E-state index in [0.29, 0.717) is 10.7 Å². The SMILES string of the molecule is O=C(CCC(=O)N1CCN(S(=O)(=O)c2ccc(Cl)cc2)CC1)OCC(=O)c1ccc[nH]1. The number of benzene rings is 1. The fraction of sp³-hybridized carbons (Fsp3) is 0.350. The summed E-state index contributed by atoms with van der Waals surface area (Å²) in [7, 11) is -3.66. The third-order valence-corrected chi connectivity index (χ3v) is 7.01. The van der Waals surface area contributed by atoms with Crippen LogP contribution in [0.1, 0.15) is 23.3 Å². The van der Waals surface area contributed by atoms with Crippen molar-refractivity contribution in [3.63, 3.8) is 0 Å². The largest absolute Gasteiger partial charge is 0.457 e. The van der Waals surface area contributed by atoms with Gasteiger partial charge < -0.3 is 14.6 Å². The zero-order valence-electron chi connectivity index (χ0n) is 16.6. The van der Waals surface area contributed by atoms with Crippen molar-refractivity contribution in [2.75, 3.05) is 32.8 Å². The first-order valence-corrected chi connectivity index (χ1v) is 11.4. The molecule has 0 saturated carbocycles. The van der Waals surface area contributed by atoms with Crippen LogP contribution >= 0.6 is 11.6 Å². The molecule has 0 radical (unpaired) electrons. The van der Waals surface area contributed by atoms with Crippen LogP contribution in [0, 0.1) is 0 Å². The van der Waals surface area contributed by atoms with E-state index in [1.165, 1.54) is 33.5 Å². The molecule has 1 N–H and O–H groups in total. The highest BCUT2D eigenvalue weighted by molar-refractivity contribution is 7.89. The number of hydrogen-bond acceptors (Lipinski definition) is 6. The minimum atomic E-state index is -3.66. The Morgan fingerprint density at radius 1 is 1.00 bits per heavy atom. The number of ether oxygens (including phenoxy) is 1. The van der Waals surface area contributed by atoms with E-state index in [2.05, 4.69) is 4.98 Å². The number of piperazine rings is 1. The maximum Gasteiger partial charge on any atom is 0.306 e. The number of carbonyl (C=O) groups excluding carboxylic acids is 3. The lowest BCUT2D eigenvalue weighted by molar-refractivity contribution is -0.145. The number of aromatic nitrogens is 1. The fourth-order valence-electron chi connectivity index (χ4n) is 3.10. The molecule has 0 atom stereocenters. The Kier molecular flexibility index (Phi) is 7.47. The molecule has 0 unspecified atom stereocenters. The molecule has 1 saturated heterocycles. The molecule has 2 heterocycles. The molecule has 1 aromatic carbocycles. The van der Waals surface area contributed by atoms with Gasteiger partial charge in [0.2, 0.25) is 21.7 Å². The summed E-state index contributed by atoms with van der Waals surface area (Å²) >= 11 is 5.81. The van der Waals surface area contributed by atoms with E-state index in [-0.39, 0.29) is 55.6 Å². The number of Topliss-reactive ketones (excluding diaryl/α,β-unsaturated/α-hetero) is 1. The van der Waals surface area contributed by atoms with Crippen molar-refractivity contribution in [2.24, 2.45) is 0 Å². The van der Waals surface area contributed by atoms with Crippen molar-refractivity contribution in [1.29, 1.82) is 0 Å². The summed E-state index contributed by atoms with van der Waals surface area (Å²) in [6.45, 7) is 0.379. The highest BCUT2D eigenvalue weighted by Gasteiger charge is 2.30. The lowest BCUT2D eigenvalue weighted by Gasteiger charge is -2.34. The molecule has 166 valence electrons. The molecular weight excluding hydrogens is 446 g/mol. The van der Waals surface area contributed by atoms with Crippen LogP contribution in [0.2, 0.25) is 5.02 Å². The van der Waals surface area contributed by atoms with Crippen LogP contribution in [0.25, 0.3) is 0 Å². The average Bonchev–Trinajstić information content (AvgIpc) is 3.31. The number of nitrogens with zero attached hydrogens (tertiary/aromatic N) is 2. The van der Waals surface area contributed by atoms with Gasteiger partial charge >= 0.3 is 5.97 Å². The number of aromatic amines is 1. The molecule has 11 heteroatoms. The summed E-state index contributed by atoms with van der Waals surface area (Å²) in [5.74, 6) is -1.27. The predicted molar refractivity (Wildman–Crippen MR) is 112 cm³/mol. The summed E-state index contributed by atoms with van der Waals surface area (Å²) in [6, 6.07) is 9.15. The van der Waals surface area contributed by atoms with Gasteiger partial charge in [-0.05, 0) is 36.4 Å². The van der Waals surface area contributed by atoms with Crippen molar-refractivity contribution in [2.45, 2.75) is 17.7 Å². The number of amides is 1. The minimum Gasteiger partial charge on any atom is -0.457 e. The summed E-state index contributed by atoms with van der Waals surface area (Å²) in [6.07, 6.45) is 1.37. The van der Waals surface area contributed by atoms with Crippen LogP contribution in [-0.4, -0.2) is 73.1 Å². The molecule has 9 nitrogen and oxygen atoms in total. The molecule has 31 heavy (non-hydrogen) atoms. The third kappa shape index (κ3) is 5.93. The van der Waals surface area contributed by atoms with Crippen LogP contribution in [0.15, 0.2) is 47.5 Å². The molecule has 1 amide bonds. The zero-order valence-corrected chi connectivity index (χ0v) is 18.2. The summed E-state index contributed by atoms with van der Waals surface area (Å²) in [5.41, 5.74) is 0.343. The van der Waals surface area contributed by atoms with Gasteiger partial charge in [0.25, 0.3) is 0 Å². The molecular formula is C20H22ClN3O6S. The van der Waals surface area contributed by atoms with E-state index in [4.69, 9.17) is 16.3 Å². The fourth-order valence-corrected chi connectivity index (χ4v) is 4.65. The molecule has 1 fully saturated rings. The van der Waals surface area contributed by atoms with E-state index in [1.54, 1.807) is 18.3 Å². The Morgan fingerprint density at radius 3 is 2.29 bits per heavy atom. The molecule has 1 aliphatic rings. The number of H-pyrrole nitrogens is 1. The van der Waals surface area contributed by atoms with Crippen molar-refractivity contribution < 1.29 is 27.5 Å². The van der Waals surface area contributed by atoms with E-state index < -0.39 is 22.6 Å². The number of hydrogen-bond donors (Lipinski definition) is 1. The second-order valence-corrected chi connectivity index (χ2v) is 9.28. The van der Waals surface area contributed by atoms with Gasteiger partial charge in [-0.15, -0.1) is 0 Å². The number of rotatable bonds is 8. The van der Waals surface area contributed by atoms with Crippen LogP contribution in [-0.2, 0) is 24.3 Å². The predicted octanol–water partition coefficient (Wildman–Crippen LogP) is 1.71. The van der Waals surface area contributed by atoms with Gasteiger partial charge in [0.05, 0.1) is 17.0 Å². The Morgan fingerprint density at radius 2 is 1.68 bits per heavy atom. The van der Waals surface area contributed by atoms with Crippen LogP contribution in [0.3, 0.4) is 0 Å². The first-order chi connectivity index (χ1) is 14.8. The van der Waals surface area contributed by atoms with Gasteiger partial charge in [-0.25, -0.2) is 8.42 Å². The highest BCUT2D eigenvalue weighted by atomic mass is 35.5. The number of carbonyl (C=O) groups is 3. The number of esters is 1. The maximum atomic E-state index is 12.7. The average molecular weight is 468 g/mol. The van der Waals surface area contributed by atoms with E-state index in [9.17, 15) is 22.8 Å². The Labute approximate surface area is 185 Å². The second-order valence-electron chi connectivity index (χ2n) is 6.91. The van der Waals surface area contributed by atoms with Crippen molar-refractivity contribution >= 4 is 39.3 Å². The van der Waals surface area contributed by atoms with Gasteiger partial charge in [0, 0.05) is 43.8 Å². The smallest absolute Gasteiger partial charge is 0.306 e. The molecule has 2 aromatic rings. The molecule has 0 bridgehead atoms. The van der Waals surface area contributed by atoms with Gasteiger partial charge in [-0.2, -0.15) is 4.31 Å². The van der Waals surface area contributed by atoms with Crippen LogP contribution < -0.4 is 0 Å². The number of nitrogens with one attached hydrogen (secondary N) is 1. The molecule has 1 aromatic heterocycles. The molecule has 0 spiro atoms. The van der Waals surface area contributed by atoms with E-state index in [0.717, 1.165) is 0 Å². The Balaban J connectivity index is 1.42. The molecule has 3 rings (SSSR count). The van der Waals surface area contributed by atoms with Gasteiger partial charge in [0.1, 0.15) is 0 Å². The van der Waals surface area contributed by atoms with Gasteiger partial charge in [-0.1, -0.05) is 11.6 Å². The monoisotopic (exact) mass is 467 g/mol. The number of ketones is 1. The van der Waals surface area contributed by atoms with Crippen LogP contribution in [0.5, 0.6) is 0 Å². The molecule has 0 aliphatic carbocycles. The van der Waals surface area contributed by atoms with E-state index >= 15 is 0 Å². The zero-order chi connectivity index (χ0) is 22.4. The number of sulfonamides is 1. The van der Waals surface area contributed by atoms with E-state index in [1.807, 2.05) is 0 Å². The maximum absolute atomic E-state index is 12.7. The summed E-state index contributed by atoms with van der Waals surface area (Å²) in [4.78, 5) is 40.3. The standard InChI is InChI=1S/C20H22ClN3O6S/c21-15-3-5-16(6-4-15)31(28,29)24-12-10-23(11-13-24)19(26)7-8-20(27)30-14-18(25)17-2-1-9-22-17/h1-6,9,22H,7-8,10-14H2. The molecule has 1 aliphatic heterocycles. The quantitative estimate of drug-likeness (QED) is 0.466. The van der Waals surface area contributed by atoms with Gasteiger partial charge in [0.15, 0.2) is 6.61 Å². The van der Waals surface area contributed by atoms with Crippen molar-refractivity contribution in [1.82, 2.24) is 14.2 Å². The van der Waals surface area contributed by atoms with Gasteiger partial charge in [-0.3, -0.25) is 14.4 Å². The Hall–Kier alpha value is -2.69. The van der Waals surface area contributed by atoms with Crippen molar-refractivity contribution in [3.8, 4) is 0 Å². The topological polar surface area (TPSA) is 117 Å². The lowest BCUT2D eigenvalue weighted by atomic mass is 10.2. The third-order valence-electron chi connectivity index (χ3n) is 4.85. The lowest BCUT2D eigenvalue weighted by Crippen LogP contribution is -2.50. The first-order valence-electron chi connectivity index (χ1n) is 9.63. The summed E-state index contributed by atoms with van der Waals surface area (Å²) in [5, 5.41) is 0.446. The van der Waals surface area contributed by atoms with Crippen molar-refractivity contribution in [3.05, 3.63) is 53.3 Å². The Bertz CT molecular complexity index is 1030. The number of halogens is 1. The minimum absolute atomic E-state index is 0.0700. The highest BCUT2D eigenvalue weighted by Crippen LogP contribution is 2.20. The normalized spacial score (nSPS) is 14.9.